The van der Waals surface area contributed by atoms with E-state index in [4.69, 9.17) is 11.6 Å². The van der Waals surface area contributed by atoms with Crippen LogP contribution in [-0.2, 0) is 9.59 Å². The molecule has 4 amide bonds. The smallest absolute Gasteiger partial charge is 0.277 e. The lowest BCUT2D eigenvalue weighted by Gasteiger charge is -2.31. The number of nitrogens with one attached hydrogen (secondary N) is 1. The molecule has 1 heterocycles. The highest BCUT2D eigenvalue weighted by atomic mass is 79.9. The van der Waals surface area contributed by atoms with Crippen molar-refractivity contribution in [1.82, 2.24) is 5.32 Å². The molecule has 1 atom stereocenters. The van der Waals surface area contributed by atoms with Gasteiger partial charge < -0.3 is 0 Å². The fraction of sp³-hybridized carbons (Fsp3) is 0.308. The highest BCUT2D eigenvalue weighted by molar-refractivity contribution is 9.10. The standard InChI is InChI=1S/C13H12BrClN2O3/c1-6(2)10-11(18)16-13(20)17(12(10)19)7-3-4-8(14)9(15)5-7/h3-6,10H,1-2H3,(H,16,18,20). The zero-order chi connectivity index (χ0) is 15.0. The fourth-order valence-electron chi connectivity index (χ4n) is 2.05. The SMILES string of the molecule is CC(C)C1C(=O)NC(=O)N(c2ccc(Br)c(Cl)c2)C1=O. The van der Waals surface area contributed by atoms with Gasteiger partial charge in [-0.2, -0.15) is 0 Å². The molecule has 2 rings (SSSR count). The first kappa shape index (κ1) is 15.0. The van der Waals surface area contributed by atoms with E-state index in [0.29, 0.717) is 15.2 Å². The van der Waals surface area contributed by atoms with Gasteiger partial charge in [-0.25, -0.2) is 9.69 Å². The Morgan fingerprint density at radius 2 is 1.95 bits per heavy atom. The third-order valence-corrected chi connectivity index (χ3v) is 4.26. The number of urea groups is 1. The third kappa shape index (κ3) is 2.58. The monoisotopic (exact) mass is 358 g/mol. The van der Waals surface area contributed by atoms with Crippen LogP contribution < -0.4 is 10.2 Å². The summed E-state index contributed by atoms with van der Waals surface area (Å²) in [6.45, 7) is 3.51. The van der Waals surface area contributed by atoms with Gasteiger partial charge in [0.2, 0.25) is 11.8 Å². The summed E-state index contributed by atoms with van der Waals surface area (Å²) < 4.78 is 0.657. The number of carbonyl (C=O) groups excluding carboxylic acids is 3. The van der Waals surface area contributed by atoms with Gasteiger partial charge in [-0.05, 0) is 40.0 Å². The summed E-state index contributed by atoms with van der Waals surface area (Å²) in [4.78, 5) is 37.0. The number of barbiturate groups is 1. The van der Waals surface area contributed by atoms with E-state index in [1.165, 1.54) is 6.07 Å². The van der Waals surface area contributed by atoms with Gasteiger partial charge in [-0.1, -0.05) is 25.4 Å². The lowest BCUT2D eigenvalue weighted by molar-refractivity contribution is -0.136. The molecule has 5 nitrogen and oxygen atoms in total. The second-order valence-corrected chi connectivity index (χ2v) is 6.05. The average molecular weight is 360 g/mol. The van der Waals surface area contributed by atoms with E-state index in [1.54, 1.807) is 26.0 Å². The third-order valence-electron chi connectivity index (χ3n) is 3.03. The Morgan fingerprint density at radius 3 is 2.50 bits per heavy atom. The van der Waals surface area contributed by atoms with Crippen molar-refractivity contribution < 1.29 is 14.4 Å². The Kier molecular flexibility index (Phi) is 4.15. The minimum atomic E-state index is -0.880. The first-order chi connectivity index (χ1) is 9.32. The molecule has 1 saturated heterocycles. The maximum atomic E-state index is 12.4. The number of halogens is 2. The summed E-state index contributed by atoms with van der Waals surface area (Å²) in [6.07, 6.45) is 0. The number of carbonyl (C=O) groups is 3. The summed E-state index contributed by atoms with van der Waals surface area (Å²) in [5.74, 6) is -2.18. The lowest BCUT2D eigenvalue weighted by atomic mass is 9.92. The first-order valence-corrected chi connectivity index (χ1v) is 7.14. The summed E-state index contributed by atoms with van der Waals surface area (Å²) in [7, 11) is 0. The maximum Gasteiger partial charge on any atom is 0.335 e. The minimum absolute atomic E-state index is 0.205. The number of imide groups is 2. The predicted octanol–water partition coefficient (Wildman–Crippen LogP) is 2.96. The molecule has 7 heteroatoms. The molecule has 1 aromatic rings. The zero-order valence-electron chi connectivity index (χ0n) is 10.8. The van der Waals surface area contributed by atoms with Crippen molar-refractivity contribution >= 4 is 51.1 Å². The van der Waals surface area contributed by atoms with Crippen molar-refractivity contribution in [3.8, 4) is 0 Å². The number of amides is 4. The molecule has 1 N–H and O–H groups in total. The van der Waals surface area contributed by atoms with Crippen LogP contribution in [0.25, 0.3) is 0 Å². The van der Waals surface area contributed by atoms with E-state index in [-0.39, 0.29) is 5.92 Å². The number of rotatable bonds is 2. The molecule has 1 aliphatic rings. The number of hydrogen-bond donors (Lipinski definition) is 1. The van der Waals surface area contributed by atoms with Crippen LogP contribution in [0.3, 0.4) is 0 Å². The lowest BCUT2D eigenvalue weighted by Crippen LogP contribution is -2.59. The van der Waals surface area contributed by atoms with Gasteiger partial charge >= 0.3 is 6.03 Å². The highest BCUT2D eigenvalue weighted by Gasteiger charge is 2.42. The molecular formula is C13H12BrClN2O3. The van der Waals surface area contributed by atoms with E-state index in [1.807, 2.05) is 0 Å². The van der Waals surface area contributed by atoms with Crippen LogP contribution in [-0.4, -0.2) is 17.8 Å². The Labute approximate surface area is 129 Å². The van der Waals surface area contributed by atoms with Gasteiger partial charge in [0, 0.05) is 4.47 Å². The number of anilines is 1. The molecule has 0 aliphatic carbocycles. The van der Waals surface area contributed by atoms with Crippen molar-refractivity contribution in [3.63, 3.8) is 0 Å². The van der Waals surface area contributed by atoms with Crippen LogP contribution >= 0.6 is 27.5 Å². The molecule has 0 saturated carbocycles. The highest BCUT2D eigenvalue weighted by Crippen LogP contribution is 2.30. The maximum absolute atomic E-state index is 12.4. The summed E-state index contributed by atoms with van der Waals surface area (Å²) >= 11 is 9.21. The van der Waals surface area contributed by atoms with Gasteiger partial charge in [0.15, 0.2) is 0 Å². The van der Waals surface area contributed by atoms with Crippen molar-refractivity contribution in [2.45, 2.75) is 13.8 Å². The van der Waals surface area contributed by atoms with Crippen LogP contribution in [0.15, 0.2) is 22.7 Å². The Balaban J connectivity index is 2.43. The van der Waals surface area contributed by atoms with Gasteiger partial charge in [0.05, 0.1) is 10.7 Å². The second-order valence-electron chi connectivity index (χ2n) is 4.79. The number of nitrogens with zero attached hydrogens (tertiary/aromatic N) is 1. The van der Waals surface area contributed by atoms with E-state index >= 15 is 0 Å². The van der Waals surface area contributed by atoms with Crippen LogP contribution in [0.4, 0.5) is 10.5 Å². The predicted molar refractivity (Wildman–Crippen MR) is 78.5 cm³/mol. The molecule has 0 radical (unpaired) electrons. The fourth-order valence-corrected chi connectivity index (χ4v) is 2.47. The van der Waals surface area contributed by atoms with Crippen molar-refractivity contribution in [1.29, 1.82) is 0 Å². The Bertz CT molecular complexity index is 603. The Hall–Kier alpha value is -1.40. The van der Waals surface area contributed by atoms with Gasteiger partial charge in [-0.3, -0.25) is 14.9 Å². The molecule has 0 spiro atoms. The molecule has 1 fully saturated rings. The van der Waals surface area contributed by atoms with Crippen LogP contribution in [0.2, 0.25) is 5.02 Å². The van der Waals surface area contributed by atoms with E-state index in [0.717, 1.165) is 4.90 Å². The molecule has 1 aliphatic heterocycles. The second kappa shape index (κ2) is 5.54. The molecule has 1 unspecified atom stereocenters. The van der Waals surface area contributed by atoms with Crippen molar-refractivity contribution in [2.75, 3.05) is 4.90 Å². The summed E-state index contributed by atoms with van der Waals surface area (Å²) in [6, 6.07) is 3.96. The molecule has 0 aromatic heterocycles. The Morgan fingerprint density at radius 1 is 1.30 bits per heavy atom. The van der Waals surface area contributed by atoms with Gasteiger partial charge in [0.25, 0.3) is 0 Å². The number of hydrogen-bond acceptors (Lipinski definition) is 3. The van der Waals surface area contributed by atoms with Crippen LogP contribution in [0, 0.1) is 11.8 Å². The van der Waals surface area contributed by atoms with Crippen molar-refractivity contribution in [3.05, 3.63) is 27.7 Å². The van der Waals surface area contributed by atoms with Gasteiger partial charge in [-0.15, -0.1) is 0 Å². The number of benzene rings is 1. The first-order valence-electron chi connectivity index (χ1n) is 5.96. The topological polar surface area (TPSA) is 66.5 Å². The normalized spacial score (nSPS) is 19.6. The van der Waals surface area contributed by atoms with Crippen molar-refractivity contribution in [2.24, 2.45) is 11.8 Å². The van der Waals surface area contributed by atoms with E-state index < -0.39 is 23.8 Å². The average Bonchev–Trinajstić information content (AvgIpc) is 2.32. The van der Waals surface area contributed by atoms with E-state index in [2.05, 4.69) is 21.2 Å². The van der Waals surface area contributed by atoms with E-state index in [9.17, 15) is 14.4 Å². The molecule has 106 valence electrons. The van der Waals surface area contributed by atoms with Gasteiger partial charge in [0.1, 0.15) is 5.92 Å². The quantitative estimate of drug-likeness (QED) is 0.826. The molecule has 0 bridgehead atoms. The van der Waals surface area contributed by atoms with Crippen LogP contribution in [0.5, 0.6) is 0 Å². The molecule has 20 heavy (non-hydrogen) atoms. The van der Waals surface area contributed by atoms with Crippen LogP contribution in [0.1, 0.15) is 13.8 Å². The molecular weight excluding hydrogens is 348 g/mol. The molecule has 1 aromatic carbocycles. The minimum Gasteiger partial charge on any atom is -0.277 e. The largest absolute Gasteiger partial charge is 0.335 e. The summed E-state index contributed by atoms with van der Waals surface area (Å²) in [5.41, 5.74) is 0.332. The summed E-state index contributed by atoms with van der Waals surface area (Å²) in [5, 5.41) is 2.57. The zero-order valence-corrected chi connectivity index (χ0v) is 13.2.